The van der Waals surface area contributed by atoms with E-state index in [1.54, 1.807) is 0 Å². The fraction of sp³-hybridized carbons (Fsp3) is 0.889. The Balaban J connectivity index is 6.73. The Bertz CT molecular complexity index is 563. The van der Waals surface area contributed by atoms with Crippen LogP contribution in [0.1, 0.15) is 83.1 Å². The Morgan fingerprint density at radius 3 is 0.862 bits per heavy atom. The van der Waals surface area contributed by atoms with E-state index in [0.717, 1.165) is 0 Å². The van der Waals surface area contributed by atoms with Gasteiger partial charge in [0.05, 0.1) is 32.7 Å². The van der Waals surface area contributed by atoms with Gasteiger partial charge in [0.25, 0.3) is 0 Å². The van der Waals surface area contributed by atoms with Gasteiger partial charge in [-0.05, 0) is 108 Å². The van der Waals surface area contributed by atoms with Crippen LogP contribution in [0.5, 0.6) is 0 Å². The maximum atomic E-state index is 6.41. The highest BCUT2D eigenvalue weighted by Crippen LogP contribution is 2.33. The summed E-state index contributed by atoms with van der Waals surface area (Å²) in [6.45, 7) is 22.4. The minimum Gasteiger partial charge on any atom is -0.351 e. The zero-order valence-corrected chi connectivity index (χ0v) is 23.4. The SMILES string of the molecule is CC(C)(C)O[Si](N=C=S)(OC(C)(C)C)O[Si](N=C=S)(OC(C)(C)C)OC(C)(C)C. The topological polar surface area (TPSA) is 70.9 Å². The van der Waals surface area contributed by atoms with Gasteiger partial charge in [0.1, 0.15) is 0 Å². The van der Waals surface area contributed by atoms with Crippen LogP contribution in [0.4, 0.5) is 0 Å². The van der Waals surface area contributed by atoms with Crippen molar-refractivity contribution in [3.05, 3.63) is 0 Å². The molecule has 29 heavy (non-hydrogen) atoms. The van der Waals surface area contributed by atoms with Crippen molar-refractivity contribution in [3.8, 4) is 0 Å². The molecule has 0 fully saturated rings. The van der Waals surface area contributed by atoms with Crippen LogP contribution in [0.25, 0.3) is 0 Å². The zero-order valence-electron chi connectivity index (χ0n) is 19.8. The molecule has 0 radical (unpaired) electrons. The fourth-order valence-corrected chi connectivity index (χ4v) is 8.68. The molecule has 0 aliphatic rings. The molecule has 0 aromatic heterocycles. The molecule has 0 heterocycles. The van der Waals surface area contributed by atoms with E-state index >= 15 is 0 Å². The molecule has 11 heteroatoms. The van der Waals surface area contributed by atoms with Gasteiger partial charge in [-0.25, -0.2) is 0 Å². The van der Waals surface area contributed by atoms with Gasteiger partial charge < -0.3 is 21.8 Å². The van der Waals surface area contributed by atoms with E-state index in [4.69, 9.17) is 46.3 Å². The highest BCUT2D eigenvalue weighted by Gasteiger charge is 2.62. The van der Waals surface area contributed by atoms with E-state index < -0.39 is 40.3 Å². The standard InChI is InChI=1S/C18H36N2O5S2Si2/c1-15(2,3)21-28(19-13-26,22-16(4,5)6)25-29(20-14-27,23-17(7,8)9)24-18(10,11)12/h1-12H3. The minimum atomic E-state index is -3.90. The highest BCUT2D eigenvalue weighted by atomic mass is 32.1. The summed E-state index contributed by atoms with van der Waals surface area (Å²) in [5.74, 6) is 0. The monoisotopic (exact) mass is 480 g/mol. The molecule has 0 atom stereocenters. The van der Waals surface area contributed by atoms with Crippen molar-refractivity contribution in [2.45, 2.75) is 105 Å². The van der Waals surface area contributed by atoms with Crippen molar-refractivity contribution in [2.75, 3.05) is 0 Å². The third-order valence-corrected chi connectivity index (χ3v) is 9.19. The lowest BCUT2D eigenvalue weighted by molar-refractivity contribution is -0.0666. The van der Waals surface area contributed by atoms with Crippen LogP contribution >= 0.6 is 24.4 Å². The van der Waals surface area contributed by atoms with Gasteiger partial charge in [-0.2, -0.15) is 9.32 Å². The summed E-state index contributed by atoms with van der Waals surface area (Å²) in [6.07, 6.45) is 0. The first-order valence-corrected chi connectivity index (χ1v) is 13.5. The Morgan fingerprint density at radius 2 is 0.724 bits per heavy atom. The Morgan fingerprint density at radius 1 is 0.517 bits per heavy atom. The summed E-state index contributed by atoms with van der Waals surface area (Å²) in [7, 11) is -7.79. The molecule has 0 aliphatic carbocycles. The van der Waals surface area contributed by atoms with Crippen molar-refractivity contribution >= 4 is 52.7 Å². The van der Waals surface area contributed by atoms with E-state index in [1.165, 1.54) is 0 Å². The molecular formula is C18H36N2O5S2Si2. The lowest BCUT2D eigenvalue weighted by Gasteiger charge is -2.41. The first-order chi connectivity index (χ1) is 12.7. The van der Waals surface area contributed by atoms with E-state index in [1.807, 2.05) is 83.1 Å². The Hall–Kier alpha value is -0.166. The predicted octanol–water partition coefficient (Wildman–Crippen LogP) is 5.34. The minimum absolute atomic E-state index is 0.668. The van der Waals surface area contributed by atoms with E-state index in [2.05, 4.69) is 19.6 Å². The van der Waals surface area contributed by atoms with Crippen LogP contribution in [-0.2, 0) is 21.8 Å². The molecule has 7 nitrogen and oxygen atoms in total. The molecule has 0 unspecified atom stereocenters. The molecule has 0 aromatic rings. The van der Waals surface area contributed by atoms with Gasteiger partial charge >= 0.3 is 17.9 Å². The van der Waals surface area contributed by atoms with E-state index in [0.29, 0.717) is 0 Å². The average Bonchev–Trinajstić information content (AvgIpc) is 2.28. The maximum Gasteiger partial charge on any atom is 0.656 e. The van der Waals surface area contributed by atoms with Crippen molar-refractivity contribution < 1.29 is 21.8 Å². The predicted molar refractivity (Wildman–Crippen MR) is 126 cm³/mol. The van der Waals surface area contributed by atoms with Crippen LogP contribution in [0.15, 0.2) is 9.32 Å². The molecule has 0 aliphatic heterocycles. The van der Waals surface area contributed by atoms with Gasteiger partial charge in [0.15, 0.2) is 0 Å². The van der Waals surface area contributed by atoms with Crippen molar-refractivity contribution in [2.24, 2.45) is 9.32 Å². The van der Waals surface area contributed by atoms with Gasteiger partial charge in [-0.15, -0.1) is 0 Å². The van der Waals surface area contributed by atoms with Crippen LogP contribution in [0.3, 0.4) is 0 Å². The molecule has 0 amide bonds. The lowest BCUT2D eigenvalue weighted by atomic mass is 10.2. The van der Waals surface area contributed by atoms with Crippen molar-refractivity contribution in [1.29, 1.82) is 0 Å². The van der Waals surface area contributed by atoms with Crippen LogP contribution in [0.2, 0.25) is 0 Å². The van der Waals surface area contributed by atoms with Crippen LogP contribution in [0, 0.1) is 0 Å². The van der Waals surface area contributed by atoms with Gasteiger partial charge in [-0.1, -0.05) is 0 Å². The summed E-state index contributed by atoms with van der Waals surface area (Å²) in [4.78, 5) is 0. The van der Waals surface area contributed by atoms with Gasteiger partial charge in [0, 0.05) is 0 Å². The summed E-state index contributed by atoms with van der Waals surface area (Å²) in [5, 5.41) is 4.72. The third-order valence-electron chi connectivity index (χ3n) is 2.36. The molecule has 0 bridgehead atoms. The van der Waals surface area contributed by atoms with Gasteiger partial charge in [-0.3, -0.25) is 0 Å². The summed E-state index contributed by atoms with van der Waals surface area (Å²) >= 11 is 9.79. The van der Waals surface area contributed by atoms with Gasteiger partial charge in [0.2, 0.25) is 0 Å². The summed E-state index contributed by atoms with van der Waals surface area (Å²) in [5.41, 5.74) is -2.67. The summed E-state index contributed by atoms with van der Waals surface area (Å²) in [6, 6.07) is 0. The number of thiocarbonyl (C=S) groups is 2. The second-order valence-electron chi connectivity index (χ2n) is 10.4. The second kappa shape index (κ2) is 9.97. The van der Waals surface area contributed by atoms with E-state index in [-0.39, 0.29) is 0 Å². The Kier molecular flexibility index (Phi) is 9.91. The normalized spacial score (nSPS) is 14.2. The van der Waals surface area contributed by atoms with Crippen LogP contribution in [-0.4, -0.2) is 50.7 Å². The highest BCUT2D eigenvalue weighted by molar-refractivity contribution is 7.78. The number of isothiocyanates is 2. The molecule has 0 aromatic carbocycles. The number of nitrogens with zero attached hydrogens (tertiary/aromatic N) is 2. The first kappa shape index (κ1) is 28.8. The summed E-state index contributed by atoms with van der Waals surface area (Å²) < 4.78 is 39.8. The third kappa shape index (κ3) is 13.0. The molecule has 0 saturated heterocycles. The second-order valence-corrected chi connectivity index (χ2v) is 15.0. The maximum absolute atomic E-state index is 6.41. The first-order valence-electron chi connectivity index (χ1n) is 9.34. The molecule has 168 valence electrons. The largest absolute Gasteiger partial charge is 0.656 e. The number of hydrogen-bond donors (Lipinski definition) is 0. The zero-order chi connectivity index (χ0) is 23.4. The van der Waals surface area contributed by atoms with Crippen molar-refractivity contribution in [3.63, 3.8) is 0 Å². The molecule has 0 spiro atoms. The lowest BCUT2D eigenvalue weighted by Crippen LogP contribution is -2.64. The molecular weight excluding hydrogens is 445 g/mol. The number of hydrogen-bond acceptors (Lipinski definition) is 9. The quantitative estimate of drug-likeness (QED) is 0.264. The average molecular weight is 481 g/mol. The molecule has 0 rings (SSSR count). The smallest absolute Gasteiger partial charge is 0.351 e. The fourth-order valence-electron chi connectivity index (χ4n) is 2.08. The van der Waals surface area contributed by atoms with Crippen LogP contribution < -0.4 is 0 Å². The number of rotatable bonds is 8. The van der Waals surface area contributed by atoms with Crippen molar-refractivity contribution in [1.82, 2.24) is 0 Å². The molecule has 0 N–H and O–H groups in total. The molecule has 0 saturated carbocycles. The van der Waals surface area contributed by atoms with E-state index in [9.17, 15) is 0 Å². The Labute approximate surface area is 189 Å².